The number of hydrogen-bond donors (Lipinski definition) is 1. The standard InChI is InChI=1S/C18H23FN4O2S/c1-2-9-22-17(12-25-16-5-3-14(19)4-6-16)20-23(18(22)26)13-21-10-7-15(24)8-11-21/h2-6,15,24H,1,7-13H2. The lowest BCUT2D eigenvalue weighted by Gasteiger charge is -2.28. The number of aliphatic hydroxyl groups is 1. The van der Waals surface area contributed by atoms with Gasteiger partial charge in [-0.1, -0.05) is 6.08 Å². The second-order valence-corrected chi connectivity index (χ2v) is 6.70. The van der Waals surface area contributed by atoms with Crippen LogP contribution in [0.5, 0.6) is 5.75 Å². The molecule has 1 aliphatic heterocycles. The molecule has 1 N–H and O–H groups in total. The Kier molecular flexibility index (Phi) is 6.18. The van der Waals surface area contributed by atoms with Crippen LogP contribution in [0.1, 0.15) is 18.7 Å². The largest absolute Gasteiger partial charge is 0.486 e. The van der Waals surface area contributed by atoms with E-state index in [2.05, 4.69) is 16.6 Å². The molecule has 2 aromatic rings. The van der Waals surface area contributed by atoms with E-state index in [9.17, 15) is 9.50 Å². The monoisotopic (exact) mass is 378 g/mol. The molecule has 3 rings (SSSR count). The number of halogens is 1. The molecule has 1 aromatic heterocycles. The summed E-state index contributed by atoms with van der Waals surface area (Å²) in [4.78, 5) is 2.22. The molecule has 140 valence electrons. The molecule has 1 aromatic carbocycles. The van der Waals surface area contributed by atoms with Crippen LogP contribution in [0.4, 0.5) is 4.39 Å². The van der Waals surface area contributed by atoms with Crippen LogP contribution in [0.2, 0.25) is 0 Å². The molecule has 0 atom stereocenters. The maximum atomic E-state index is 13.0. The van der Waals surface area contributed by atoms with Crippen LogP contribution >= 0.6 is 12.2 Å². The molecule has 0 bridgehead atoms. The quantitative estimate of drug-likeness (QED) is 0.593. The van der Waals surface area contributed by atoms with Gasteiger partial charge in [-0.05, 0) is 49.3 Å². The van der Waals surface area contributed by atoms with Gasteiger partial charge < -0.3 is 9.84 Å². The van der Waals surface area contributed by atoms with Crippen LogP contribution in [0, 0.1) is 10.6 Å². The average Bonchev–Trinajstić information content (AvgIpc) is 2.92. The second-order valence-electron chi connectivity index (χ2n) is 6.33. The van der Waals surface area contributed by atoms with E-state index in [1.807, 2.05) is 4.57 Å². The summed E-state index contributed by atoms with van der Waals surface area (Å²) in [5, 5.41) is 14.2. The van der Waals surface area contributed by atoms with Crippen LogP contribution in [0.25, 0.3) is 0 Å². The Morgan fingerprint density at radius 3 is 2.65 bits per heavy atom. The van der Waals surface area contributed by atoms with Crippen molar-refractivity contribution in [2.75, 3.05) is 13.1 Å². The number of aromatic nitrogens is 3. The summed E-state index contributed by atoms with van der Waals surface area (Å²) in [7, 11) is 0. The zero-order valence-electron chi connectivity index (χ0n) is 14.6. The maximum Gasteiger partial charge on any atom is 0.199 e. The van der Waals surface area contributed by atoms with Crippen LogP contribution in [-0.2, 0) is 19.8 Å². The van der Waals surface area contributed by atoms with Crippen molar-refractivity contribution >= 4 is 12.2 Å². The Labute approximate surface area is 157 Å². The third-order valence-corrected chi connectivity index (χ3v) is 4.81. The summed E-state index contributed by atoms with van der Waals surface area (Å²) in [5.74, 6) is 0.959. The van der Waals surface area contributed by atoms with E-state index in [-0.39, 0.29) is 18.5 Å². The zero-order valence-corrected chi connectivity index (χ0v) is 15.4. The normalized spacial score (nSPS) is 15.9. The van der Waals surface area contributed by atoms with E-state index in [0.717, 1.165) is 25.9 Å². The number of likely N-dealkylation sites (tertiary alicyclic amines) is 1. The molecule has 1 saturated heterocycles. The number of nitrogens with zero attached hydrogens (tertiary/aromatic N) is 4. The summed E-state index contributed by atoms with van der Waals surface area (Å²) in [6.45, 7) is 6.77. The number of hydrogen-bond acceptors (Lipinski definition) is 5. The number of ether oxygens (including phenoxy) is 1. The van der Waals surface area contributed by atoms with E-state index in [1.54, 1.807) is 22.9 Å². The van der Waals surface area contributed by atoms with Crippen molar-refractivity contribution in [2.45, 2.75) is 38.8 Å². The Hall–Kier alpha value is -2.03. The summed E-state index contributed by atoms with van der Waals surface area (Å²) in [6.07, 6.45) is 3.08. The van der Waals surface area contributed by atoms with Gasteiger partial charge in [-0.25, -0.2) is 9.07 Å². The van der Waals surface area contributed by atoms with E-state index in [1.165, 1.54) is 12.1 Å². The minimum Gasteiger partial charge on any atom is -0.486 e. The molecule has 0 saturated carbocycles. The Morgan fingerprint density at radius 2 is 2.00 bits per heavy atom. The molecule has 0 aliphatic carbocycles. The predicted octanol–water partition coefficient (Wildman–Crippen LogP) is 2.73. The third kappa shape index (κ3) is 4.57. The molecule has 1 fully saturated rings. The highest BCUT2D eigenvalue weighted by molar-refractivity contribution is 7.71. The van der Waals surface area contributed by atoms with Gasteiger partial charge in [0.25, 0.3) is 0 Å². The summed E-state index contributed by atoms with van der Waals surface area (Å²) < 4.78 is 23.0. The van der Waals surface area contributed by atoms with Crippen LogP contribution in [0.15, 0.2) is 36.9 Å². The van der Waals surface area contributed by atoms with E-state index < -0.39 is 0 Å². The molecular weight excluding hydrogens is 355 g/mol. The first-order valence-corrected chi connectivity index (χ1v) is 9.04. The predicted molar refractivity (Wildman–Crippen MR) is 98.8 cm³/mol. The highest BCUT2D eigenvalue weighted by atomic mass is 32.1. The first-order chi connectivity index (χ1) is 12.6. The SMILES string of the molecule is C=CCn1c(COc2ccc(F)cc2)nn(CN2CCC(O)CC2)c1=S. The first kappa shape index (κ1) is 18.8. The highest BCUT2D eigenvalue weighted by Gasteiger charge is 2.19. The van der Waals surface area contributed by atoms with Crippen molar-refractivity contribution in [2.24, 2.45) is 0 Å². The molecule has 1 aliphatic rings. The van der Waals surface area contributed by atoms with Crippen molar-refractivity contribution in [1.82, 2.24) is 19.2 Å². The number of benzene rings is 1. The second kappa shape index (κ2) is 8.57. The smallest absolute Gasteiger partial charge is 0.199 e. The van der Waals surface area contributed by atoms with Gasteiger partial charge in [-0.15, -0.1) is 6.58 Å². The molecule has 26 heavy (non-hydrogen) atoms. The molecule has 0 unspecified atom stereocenters. The lowest BCUT2D eigenvalue weighted by Crippen LogP contribution is -2.37. The third-order valence-electron chi connectivity index (χ3n) is 4.38. The Balaban J connectivity index is 1.72. The van der Waals surface area contributed by atoms with Crippen molar-refractivity contribution in [3.8, 4) is 5.75 Å². The topological polar surface area (TPSA) is 55.5 Å². The number of allylic oxidation sites excluding steroid dienone is 1. The lowest BCUT2D eigenvalue weighted by molar-refractivity contribution is 0.0649. The molecule has 8 heteroatoms. The van der Waals surface area contributed by atoms with Gasteiger partial charge >= 0.3 is 0 Å². The van der Waals surface area contributed by atoms with Crippen LogP contribution in [0.3, 0.4) is 0 Å². The fourth-order valence-corrected chi connectivity index (χ4v) is 3.20. The minimum atomic E-state index is -0.303. The van der Waals surface area contributed by atoms with Gasteiger partial charge in [-0.2, -0.15) is 5.10 Å². The van der Waals surface area contributed by atoms with Crippen molar-refractivity contribution in [3.05, 3.63) is 53.3 Å². The fraction of sp³-hybridized carbons (Fsp3) is 0.444. The van der Waals surface area contributed by atoms with Gasteiger partial charge in [0, 0.05) is 19.6 Å². The molecular formula is C18H23FN4O2S. The van der Waals surface area contributed by atoms with Crippen molar-refractivity contribution in [1.29, 1.82) is 0 Å². The van der Waals surface area contributed by atoms with E-state index >= 15 is 0 Å². The molecule has 0 radical (unpaired) electrons. The maximum absolute atomic E-state index is 13.0. The molecule has 6 nitrogen and oxygen atoms in total. The number of aliphatic hydroxyl groups excluding tert-OH is 1. The summed E-state index contributed by atoms with van der Waals surface area (Å²) >= 11 is 5.55. The summed E-state index contributed by atoms with van der Waals surface area (Å²) in [5.41, 5.74) is 0. The first-order valence-electron chi connectivity index (χ1n) is 8.63. The molecule has 2 heterocycles. The van der Waals surface area contributed by atoms with Gasteiger partial charge in [0.2, 0.25) is 0 Å². The highest BCUT2D eigenvalue weighted by Crippen LogP contribution is 2.15. The van der Waals surface area contributed by atoms with E-state index in [0.29, 0.717) is 29.6 Å². The zero-order chi connectivity index (χ0) is 18.5. The van der Waals surface area contributed by atoms with Gasteiger partial charge in [0.05, 0.1) is 12.8 Å². The van der Waals surface area contributed by atoms with Gasteiger partial charge in [0.15, 0.2) is 10.6 Å². The number of piperidine rings is 1. The molecule has 0 amide bonds. The number of rotatable bonds is 7. The fourth-order valence-electron chi connectivity index (χ4n) is 2.93. The van der Waals surface area contributed by atoms with Gasteiger partial charge in [-0.3, -0.25) is 9.47 Å². The minimum absolute atomic E-state index is 0.211. The van der Waals surface area contributed by atoms with Crippen molar-refractivity contribution < 1.29 is 14.2 Å². The molecule has 0 spiro atoms. The lowest BCUT2D eigenvalue weighted by atomic mass is 10.1. The van der Waals surface area contributed by atoms with Crippen LogP contribution < -0.4 is 4.74 Å². The van der Waals surface area contributed by atoms with Crippen LogP contribution in [-0.4, -0.2) is 43.5 Å². The Morgan fingerprint density at radius 1 is 1.31 bits per heavy atom. The summed E-state index contributed by atoms with van der Waals surface area (Å²) in [6, 6.07) is 5.87. The average molecular weight is 378 g/mol. The van der Waals surface area contributed by atoms with Gasteiger partial charge in [0.1, 0.15) is 18.2 Å². The Bertz CT molecular complexity index is 795. The van der Waals surface area contributed by atoms with E-state index in [4.69, 9.17) is 17.0 Å². The van der Waals surface area contributed by atoms with Crippen molar-refractivity contribution in [3.63, 3.8) is 0 Å².